The van der Waals surface area contributed by atoms with E-state index in [0.717, 1.165) is 18.4 Å². The number of rotatable bonds is 4. The summed E-state index contributed by atoms with van der Waals surface area (Å²) in [5.41, 5.74) is 6.67. The van der Waals surface area contributed by atoms with Crippen molar-refractivity contribution in [1.82, 2.24) is 5.32 Å². The molecule has 1 saturated carbocycles. The Bertz CT molecular complexity index is 417. The van der Waals surface area contributed by atoms with Gasteiger partial charge in [0.2, 0.25) is 5.91 Å². The lowest BCUT2D eigenvalue weighted by Gasteiger charge is -2.31. The van der Waals surface area contributed by atoms with Gasteiger partial charge in [0, 0.05) is 6.04 Å². The second-order valence-electron chi connectivity index (χ2n) is 5.30. The molecule has 0 aliphatic heterocycles. The van der Waals surface area contributed by atoms with Gasteiger partial charge in [0.05, 0.1) is 6.42 Å². The molecule has 0 spiro atoms. The standard InChI is InChI=1S/C15H22N2O2/c16-10-12-3-1-2-4-14(12)17-15(19)9-11-5-7-13(18)8-6-11/h5-8,12,14,18H,1-4,9-10,16H2,(H,17,19). The average molecular weight is 262 g/mol. The van der Waals surface area contributed by atoms with E-state index in [-0.39, 0.29) is 17.7 Å². The Balaban J connectivity index is 1.88. The number of nitrogens with two attached hydrogens (primary N) is 1. The molecule has 0 aromatic heterocycles. The van der Waals surface area contributed by atoms with Crippen molar-refractivity contribution in [3.8, 4) is 5.75 Å². The molecule has 1 aliphatic rings. The van der Waals surface area contributed by atoms with Gasteiger partial charge in [-0.2, -0.15) is 0 Å². The molecule has 4 heteroatoms. The van der Waals surface area contributed by atoms with Crippen molar-refractivity contribution in [2.75, 3.05) is 6.54 Å². The van der Waals surface area contributed by atoms with Crippen LogP contribution in [0.2, 0.25) is 0 Å². The van der Waals surface area contributed by atoms with Gasteiger partial charge >= 0.3 is 0 Å². The number of hydrogen-bond donors (Lipinski definition) is 3. The maximum absolute atomic E-state index is 12.0. The summed E-state index contributed by atoms with van der Waals surface area (Å²) in [5, 5.41) is 12.3. The summed E-state index contributed by atoms with van der Waals surface area (Å²) < 4.78 is 0. The Hall–Kier alpha value is -1.55. The predicted molar refractivity (Wildman–Crippen MR) is 74.8 cm³/mol. The van der Waals surface area contributed by atoms with Crippen LogP contribution in [0.1, 0.15) is 31.2 Å². The molecule has 1 amide bonds. The zero-order chi connectivity index (χ0) is 13.7. The smallest absolute Gasteiger partial charge is 0.224 e. The highest BCUT2D eigenvalue weighted by atomic mass is 16.3. The second-order valence-corrected chi connectivity index (χ2v) is 5.30. The highest BCUT2D eigenvalue weighted by molar-refractivity contribution is 5.78. The summed E-state index contributed by atoms with van der Waals surface area (Å²) >= 11 is 0. The molecular formula is C15H22N2O2. The van der Waals surface area contributed by atoms with E-state index in [2.05, 4.69) is 5.32 Å². The number of hydrogen-bond acceptors (Lipinski definition) is 3. The lowest BCUT2D eigenvalue weighted by atomic mass is 9.84. The minimum Gasteiger partial charge on any atom is -0.508 e. The number of carbonyl (C=O) groups is 1. The first kappa shape index (κ1) is 13.9. The summed E-state index contributed by atoms with van der Waals surface area (Å²) in [4.78, 5) is 12.0. The lowest BCUT2D eigenvalue weighted by molar-refractivity contribution is -0.121. The molecule has 4 nitrogen and oxygen atoms in total. The van der Waals surface area contributed by atoms with Crippen LogP contribution in [0.15, 0.2) is 24.3 Å². The van der Waals surface area contributed by atoms with Gasteiger partial charge in [-0.3, -0.25) is 4.79 Å². The maximum Gasteiger partial charge on any atom is 0.224 e. The Labute approximate surface area is 114 Å². The van der Waals surface area contributed by atoms with Gasteiger partial charge in [0.1, 0.15) is 5.75 Å². The molecule has 104 valence electrons. The van der Waals surface area contributed by atoms with Gasteiger partial charge in [-0.25, -0.2) is 0 Å². The number of phenols is 1. The highest BCUT2D eigenvalue weighted by Gasteiger charge is 2.25. The molecule has 0 bridgehead atoms. The normalized spacial score (nSPS) is 23.0. The van der Waals surface area contributed by atoms with E-state index in [4.69, 9.17) is 5.73 Å². The fourth-order valence-corrected chi connectivity index (χ4v) is 2.74. The van der Waals surface area contributed by atoms with Crippen LogP contribution >= 0.6 is 0 Å². The van der Waals surface area contributed by atoms with Gasteiger partial charge in [0.25, 0.3) is 0 Å². The minimum absolute atomic E-state index is 0.0380. The Morgan fingerprint density at radius 2 is 1.95 bits per heavy atom. The zero-order valence-electron chi connectivity index (χ0n) is 11.1. The Morgan fingerprint density at radius 1 is 1.26 bits per heavy atom. The van der Waals surface area contributed by atoms with Gasteiger partial charge in [-0.15, -0.1) is 0 Å². The maximum atomic E-state index is 12.0. The molecule has 4 N–H and O–H groups in total. The van der Waals surface area contributed by atoms with Crippen LogP contribution in [0.25, 0.3) is 0 Å². The summed E-state index contributed by atoms with van der Waals surface area (Å²) in [7, 11) is 0. The third-order valence-electron chi connectivity index (χ3n) is 3.86. The molecule has 2 atom stereocenters. The number of nitrogens with one attached hydrogen (secondary N) is 1. The monoisotopic (exact) mass is 262 g/mol. The first-order valence-electron chi connectivity index (χ1n) is 6.96. The second kappa shape index (κ2) is 6.57. The highest BCUT2D eigenvalue weighted by Crippen LogP contribution is 2.23. The van der Waals surface area contributed by atoms with Crippen molar-refractivity contribution in [1.29, 1.82) is 0 Å². The minimum atomic E-state index is 0.0380. The predicted octanol–water partition coefficient (Wildman–Crippen LogP) is 1.57. The number of aromatic hydroxyl groups is 1. The molecule has 1 aliphatic carbocycles. The summed E-state index contributed by atoms with van der Waals surface area (Å²) in [6, 6.07) is 6.98. The van der Waals surface area contributed by atoms with Crippen molar-refractivity contribution in [2.24, 2.45) is 11.7 Å². The SMILES string of the molecule is NCC1CCCCC1NC(=O)Cc1ccc(O)cc1. The van der Waals surface area contributed by atoms with Crippen molar-refractivity contribution in [3.05, 3.63) is 29.8 Å². The Kier molecular flexibility index (Phi) is 4.80. The molecule has 2 unspecified atom stereocenters. The van der Waals surface area contributed by atoms with Gasteiger partial charge in [-0.1, -0.05) is 25.0 Å². The van der Waals surface area contributed by atoms with E-state index in [1.807, 2.05) is 0 Å². The van der Waals surface area contributed by atoms with E-state index in [1.165, 1.54) is 12.8 Å². The largest absolute Gasteiger partial charge is 0.508 e. The summed E-state index contributed by atoms with van der Waals surface area (Å²) in [6.07, 6.45) is 4.88. The molecule has 1 fully saturated rings. The van der Waals surface area contributed by atoms with Crippen LogP contribution in [0.4, 0.5) is 0 Å². The van der Waals surface area contributed by atoms with E-state index in [0.29, 0.717) is 18.9 Å². The molecule has 0 heterocycles. The molecule has 0 radical (unpaired) electrons. The van der Waals surface area contributed by atoms with Crippen LogP contribution in [0, 0.1) is 5.92 Å². The topological polar surface area (TPSA) is 75.3 Å². The van der Waals surface area contributed by atoms with Crippen LogP contribution in [-0.4, -0.2) is 23.6 Å². The molecule has 19 heavy (non-hydrogen) atoms. The van der Waals surface area contributed by atoms with Crippen molar-refractivity contribution >= 4 is 5.91 Å². The number of phenolic OH excluding ortho intramolecular Hbond substituents is 1. The number of benzene rings is 1. The van der Waals surface area contributed by atoms with Crippen molar-refractivity contribution < 1.29 is 9.90 Å². The van der Waals surface area contributed by atoms with Gasteiger partial charge in [0.15, 0.2) is 0 Å². The van der Waals surface area contributed by atoms with Crippen molar-refractivity contribution in [2.45, 2.75) is 38.1 Å². The summed E-state index contributed by atoms with van der Waals surface area (Å²) in [6.45, 7) is 0.643. The van der Waals surface area contributed by atoms with E-state index < -0.39 is 0 Å². The molecule has 1 aromatic carbocycles. The van der Waals surface area contributed by atoms with E-state index in [1.54, 1.807) is 24.3 Å². The first-order chi connectivity index (χ1) is 9.19. The fourth-order valence-electron chi connectivity index (χ4n) is 2.74. The van der Waals surface area contributed by atoms with Crippen LogP contribution in [0.5, 0.6) is 5.75 Å². The zero-order valence-corrected chi connectivity index (χ0v) is 11.1. The lowest BCUT2D eigenvalue weighted by Crippen LogP contribution is -2.45. The molecule has 1 aromatic rings. The average Bonchev–Trinajstić information content (AvgIpc) is 2.42. The number of amides is 1. The first-order valence-corrected chi connectivity index (χ1v) is 6.96. The third-order valence-corrected chi connectivity index (χ3v) is 3.86. The van der Waals surface area contributed by atoms with Crippen LogP contribution in [0.3, 0.4) is 0 Å². The van der Waals surface area contributed by atoms with Gasteiger partial charge < -0.3 is 16.2 Å². The van der Waals surface area contributed by atoms with E-state index >= 15 is 0 Å². The van der Waals surface area contributed by atoms with E-state index in [9.17, 15) is 9.90 Å². The molecule has 2 rings (SSSR count). The van der Waals surface area contributed by atoms with Crippen LogP contribution < -0.4 is 11.1 Å². The third kappa shape index (κ3) is 3.96. The fraction of sp³-hybridized carbons (Fsp3) is 0.533. The molecular weight excluding hydrogens is 240 g/mol. The molecule has 0 saturated heterocycles. The van der Waals surface area contributed by atoms with Gasteiger partial charge in [-0.05, 0) is 43.0 Å². The Morgan fingerprint density at radius 3 is 2.63 bits per heavy atom. The quantitative estimate of drug-likeness (QED) is 0.771. The van der Waals surface area contributed by atoms with Crippen LogP contribution in [-0.2, 0) is 11.2 Å². The van der Waals surface area contributed by atoms with Crippen molar-refractivity contribution in [3.63, 3.8) is 0 Å². The summed E-state index contributed by atoms with van der Waals surface area (Å²) in [5.74, 6) is 0.674. The number of carbonyl (C=O) groups excluding carboxylic acids is 1.